The molecule has 2 N–H and O–H groups in total. The van der Waals surface area contributed by atoms with E-state index in [0.717, 1.165) is 10.6 Å². The number of H-pyrrole nitrogens is 1. The van der Waals surface area contributed by atoms with Gasteiger partial charge in [-0.1, -0.05) is 29.5 Å². The molecule has 0 bridgehead atoms. The predicted molar refractivity (Wildman–Crippen MR) is 127 cm³/mol. The van der Waals surface area contributed by atoms with Crippen LogP contribution in [0.4, 0.5) is 5.13 Å². The molecule has 0 atom stereocenters. The lowest BCUT2D eigenvalue weighted by atomic mass is 10.2. The lowest BCUT2D eigenvalue weighted by Crippen LogP contribution is -2.21. The largest absolute Gasteiger partial charge is 0.302 e. The first-order valence-corrected chi connectivity index (χ1v) is 11.2. The van der Waals surface area contributed by atoms with Crippen LogP contribution in [0.5, 0.6) is 0 Å². The van der Waals surface area contributed by atoms with E-state index in [2.05, 4.69) is 32.1 Å². The van der Waals surface area contributed by atoms with Gasteiger partial charge in [-0.25, -0.2) is 9.97 Å². The first-order chi connectivity index (χ1) is 15.5. The van der Waals surface area contributed by atoms with Crippen LogP contribution in [0.2, 0.25) is 0 Å². The Morgan fingerprint density at radius 2 is 2.19 bits per heavy atom. The van der Waals surface area contributed by atoms with Gasteiger partial charge in [0.1, 0.15) is 0 Å². The lowest BCUT2D eigenvalue weighted by Gasteiger charge is -2.06. The predicted octanol–water partition coefficient (Wildman–Crippen LogP) is 3.69. The summed E-state index contributed by atoms with van der Waals surface area (Å²) in [6.07, 6.45) is 4.02. The highest BCUT2D eigenvalue weighted by Gasteiger charge is 2.17. The fourth-order valence-electron chi connectivity index (χ4n) is 3.30. The average Bonchev–Trinajstić information content (AvgIpc) is 3.32. The number of para-hydroxylation sites is 1. The first-order valence-electron chi connectivity index (χ1n) is 9.96. The lowest BCUT2D eigenvalue weighted by molar-refractivity contribution is -0.116. The number of fused-ring (bicyclic) bond motifs is 1. The van der Waals surface area contributed by atoms with Crippen molar-refractivity contribution >= 4 is 45.5 Å². The fraction of sp³-hybridized carbons (Fsp3) is 0.238. The molecule has 9 nitrogen and oxygen atoms in total. The third kappa shape index (κ3) is 4.43. The number of carbonyl (C=O) groups excluding carboxylic acids is 1. The van der Waals surface area contributed by atoms with Crippen molar-refractivity contribution in [2.75, 3.05) is 5.32 Å². The van der Waals surface area contributed by atoms with Gasteiger partial charge in [0.25, 0.3) is 5.56 Å². The zero-order valence-corrected chi connectivity index (χ0v) is 19.0. The standard InChI is InChI=1S/C21H21N7O2S2/c1-3-10-28-18(25-26-21(28)31)17-13(2)23-20(32-17)24-16(29)9-6-11-27-12-22-15-8-5-4-7-14(15)19(27)30/h3-5,7-8,12H,1,6,9-11H2,2H3,(H,26,31)(H,23,24,29). The Labute approximate surface area is 192 Å². The SMILES string of the molecule is C=CCn1c(-c2sc(NC(=O)CCCn3cnc4ccccc4c3=O)nc2C)n[nH]c1=S. The molecule has 3 heterocycles. The third-order valence-electron chi connectivity index (χ3n) is 4.85. The second kappa shape index (κ2) is 9.37. The number of benzene rings is 1. The number of nitrogens with zero attached hydrogens (tertiary/aromatic N) is 5. The number of allylic oxidation sites excluding steroid dienone is 1. The van der Waals surface area contributed by atoms with E-state index in [1.807, 2.05) is 23.6 Å². The molecule has 0 fully saturated rings. The van der Waals surface area contributed by atoms with Gasteiger partial charge in [-0.15, -0.1) is 6.58 Å². The highest BCUT2D eigenvalue weighted by atomic mass is 32.1. The van der Waals surface area contributed by atoms with Gasteiger partial charge in [-0.2, -0.15) is 5.10 Å². The molecule has 4 aromatic rings. The number of aromatic nitrogens is 6. The number of thiazole rings is 1. The molecule has 0 spiro atoms. The van der Waals surface area contributed by atoms with Gasteiger partial charge < -0.3 is 5.32 Å². The molecule has 0 saturated carbocycles. The van der Waals surface area contributed by atoms with Crippen LogP contribution in [0.15, 0.2) is 48.0 Å². The van der Waals surface area contributed by atoms with Gasteiger partial charge >= 0.3 is 0 Å². The van der Waals surface area contributed by atoms with Crippen molar-refractivity contribution < 1.29 is 4.79 Å². The van der Waals surface area contributed by atoms with E-state index >= 15 is 0 Å². The van der Waals surface area contributed by atoms with Crippen molar-refractivity contribution in [2.45, 2.75) is 32.9 Å². The molecule has 11 heteroatoms. The summed E-state index contributed by atoms with van der Waals surface area (Å²) in [5.74, 6) is 0.491. The summed E-state index contributed by atoms with van der Waals surface area (Å²) < 4.78 is 3.85. The quantitative estimate of drug-likeness (QED) is 0.302. The van der Waals surface area contributed by atoms with Crippen LogP contribution in [-0.4, -0.2) is 35.2 Å². The number of hydrogen-bond acceptors (Lipinski definition) is 7. The minimum absolute atomic E-state index is 0.107. The molecular formula is C21H21N7O2S2. The highest BCUT2D eigenvalue weighted by Crippen LogP contribution is 2.31. The summed E-state index contributed by atoms with van der Waals surface area (Å²) in [5, 5.41) is 11.0. The molecular weight excluding hydrogens is 446 g/mol. The molecule has 0 aliphatic carbocycles. The normalized spacial score (nSPS) is 11.0. The Morgan fingerprint density at radius 1 is 1.38 bits per heavy atom. The number of rotatable bonds is 8. The van der Waals surface area contributed by atoms with Gasteiger partial charge in [-0.3, -0.25) is 23.8 Å². The van der Waals surface area contributed by atoms with E-state index in [1.54, 1.807) is 18.2 Å². The Hall–Kier alpha value is -3.44. The molecule has 1 aromatic carbocycles. The molecule has 32 heavy (non-hydrogen) atoms. The number of anilines is 1. The van der Waals surface area contributed by atoms with E-state index in [-0.39, 0.29) is 17.9 Å². The Bertz CT molecular complexity index is 1410. The molecule has 164 valence electrons. The van der Waals surface area contributed by atoms with Gasteiger partial charge in [0.15, 0.2) is 15.7 Å². The molecule has 3 aromatic heterocycles. The van der Waals surface area contributed by atoms with Crippen LogP contribution in [-0.2, 0) is 17.9 Å². The van der Waals surface area contributed by atoms with Gasteiger partial charge in [0, 0.05) is 19.5 Å². The molecule has 0 saturated heterocycles. The van der Waals surface area contributed by atoms with Crippen LogP contribution < -0.4 is 10.9 Å². The summed E-state index contributed by atoms with van der Waals surface area (Å²) in [4.78, 5) is 34.5. The second-order valence-electron chi connectivity index (χ2n) is 7.10. The third-order valence-corrected chi connectivity index (χ3v) is 6.23. The monoisotopic (exact) mass is 467 g/mol. The van der Waals surface area contributed by atoms with Crippen molar-refractivity contribution in [3.63, 3.8) is 0 Å². The van der Waals surface area contributed by atoms with Gasteiger partial charge in [0.05, 0.1) is 27.8 Å². The number of amides is 1. The number of hydrogen-bond donors (Lipinski definition) is 2. The molecule has 1 amide bonds. The van der Waals surface area contributed by atoms with Crippen molar-refractivity contribution in [2.24, 2.45) is 0 Å². The van der Waals surface area contributed by atoms with Crippen LogP contribution >= 0.6 is 23.6 Å². The van der Waals surface area contributed by atoms with Crippen molar-refractivity contribution in [1.29, 1.82) is 0 Å². The number of carbonyl (C=O) groups is 1. The summed E-state index contributed by atoms with van der Waals surface area (Å²) in [6.45, 7) is 6.53. The second-order valence-corrected chi connectivity index (χ2v) is 8.48. The van der Waals surface area contributed by atoms with E-state index in [9.17, 15) is 9.59 Å². The zero-order valence-electron chi connectivity index (χ0n) is 17.4. The zero-order chi connectivity index (χ0) is 22.7. The van der Waals surface area contributed by atoms with E-state index < -0.39 is 0 Å². The fourth-order valence-corrected chi connectivity index (χ4v) is 4.49. The minimum atomic E-state index is -0.169. The van der Waals surface area contributed by atoms with Crippen LogP contribution in [0.25, 0.3) is 21.6 Å². The summed E-state index contributed by atoms with van der Waals surface area (Å²) in [7, 11) is 0. The van der Waals surface area contributed by atoms with Crippen molar-refractivity contribution in [3.8, 4) is 10.7 Å². The van der Waals surface area contributed by atoms with E-state index in [4.69, 9.17) is 12.2 Å². The number of nitrogens with one attached hydrogen (secondary N) is 2. The molecule has 0 unspecified atom stereocenters. The van der Waals surface area contributed by atoms with E-state index in [0.29, 0.717) is 46.1 Å². The Balaban J connectivity index is 1.40. The topological polar surface area (TPSA) is 110 Å². The van der Waals surface area contributed by atoms with Gasteiger partial charge in [-0.05, 0) is 37.7 Å². The molecule has 4 rings (SSSR count). The number of aryl methyl sites for hydroxylation is 2. The van der Waals surface area contributed by atoms with Crippen molar-refractivity contribution in [1.82, 2.24) is 29.3 Å². The maximum absolute atomic E-state index is 12.5. The highest BCUT2D eigenvalue weighted by molar-refractivity contribution is 7.71. The Morgan fingerprint density at radius 3 is 3.00 bits per heavy atom. The average molecular weight is 468 g/mol. The molecule has 0 aliphatic heterocycles. The summed E-state index contributed by atoms with van der Waals surface area (Å²) in [6, 6.07) is 7.21. The van der Waals surface area contributed by atoms with Gasteiger partial charge in [0.2, 0.25) is 5.91 Å². The maximum atomic E-state index is 12.5. The summed E-state index contributed by atoms with van der Waals surface area (Å²) >= 11 is 6.60. The van der Waals surface area contributed by atoms with Crippen LogP contribution in [0.3, 0.4) is 0 Å². The first kappa shape index (κ1) is 21.8. The van der Waals surface area contributed by atoms with Crippen LogP contribution in [0, 0.1) is 11.7 Å². The maximum Gasteiger partial charge on any atom is 0.261 e. The summed E-state index contributed by atoms with van der Waals surface area (Å²) in [5.41, 5.74) is 1.30. The number of aromatic amines is 1. The van der Waals surface area contributed by atoms with Crippen molar-refractivity contribution in [3.05, 3.63) is 64.1 Å². The molecule has 0 aliphatic rings. The Kier molecular flexibility index (Phi) is 6.37. The molecule has 0 radical (unpaired) electrons. The van der Waals surface area contributed by atoms with Crippen LogP contribution in [0.1, 0.15) is 18.5 Å². The minimum Gasteiger partial charge on any atom is -0.302 e. The smallest absolute Gasteiger partial charge is 0.261 e. The van der Waals surface area contributed by atoms with E-state index in [1.165, 1.54) is 22.2 Å².